The highest BCUT2D eigenvalue weighted by atomic mass is 35.5. The molecule has 1 aliphatic heterocycles. The number of carbonyl (C=O) groups is 1. The molecule has 126 valence electrons. The molecule has 0 bridgehead atoms. The number of anilines is 2. The molecule has 3 rings (SSSR count). The predicted octanol–water partition coefficient (Wildman–Crippen LogP) is 3.19. The smallest absolute Gasteiger partial charge is 0.319 e. The van der Waals surface area contributed by atoms with Gasteiger partial charge in [0.25, 0.3) is 0 Å². The van der Waals surface area contributed by atoms with Gasteiger partial charge < -0.3 is 15.5 Å². The third-order valence-corrected chi connectivity index (χ3v) is 3.99. The highest BCUT2D eigenvalue weighted by Gasteiger charge is 2.15. The summed E-state index contributed by atoms with van der Waals surface area (Å²) in [6.45, 7) is 2.19. The molecule has 0 saturated carbocycles. The zero-order valence-electron chi connectivity index (χ0n) is 12.9. The van der Waals surface area contributed by atoms with Crippen LogP contribution in [-0.4, -0.2) is 29.1 Å². The van der Waals surface area contributed by atoms with Crippen LogP contribution in [0.5, 0.6) is 0 Å². The number of amides is 2. The van der Waals surface area contributed by atoms with Crippen molar-refractivity contribution in [3.05, 3.63) is 47.0 Å². The molecular formula is C16H17ClFN5O. The van der Waals surface area contributed by atoms with E-state index in [1.807, 2.05) is 0 Å². The molecule has 0 radical (unpaired) electrons. The fourth-order valence-corrected chi connectivity index (χ4v) is 2.65. The molecule has 0 aliphatic carbocycles. The van der Waals surface area contributed by atoms with E-state index in [9.17, 15) is 9.18 Å². The number of rotatable bonds is 4. The molecule has 8 heteroatoms. The minimum Gasteiger partial charge on any atom is -0.341 e. The van der Waals surface area contributed by atoms with Gasteiger partial charge in [0.2, 0.25) is 5.95 Å². The van der Waals surface area contributed by atoms with Crippen LogP contribution >= 0.6 is 11.6 Å². The average Bonchev–Trinajstić information content (AvgIpc) is 3.11. The minimum absolute atomic E-state index is 0.0427. The Balaban J connectivity index is 1.55. The van der Waals surface area contributed by atoms with Gasteiger partial charge in [0, 0.05) is 25.0 Å². The summed E-state index contributed by atoms with van der Waals surface area (Å²) in [7, 11) is 0. The molecule has 1 aromatic carbocycles. The lowest BCUT2D eigenvalue weighted by molar-refractivity contribution is 0.251. The van der Waals surface area contributed by atoms with Gasteiger partial charge in [-0.15, -0.1) is 0 Å². The molecule has 0 spiro atoms. The largest absolute Gasteiger partial charge is 0.341 e. The lowest BCUT2D eigenvalue weighted by atomic mass is 10.3. The van der Waals surface area contributed by atoms with Gasteiger partial charge in [-0.25, -0.2) is 19.2 Å². The van der Waals surface area contributed by atoms with E-state index in [-0.39, 0.29) is 11.6 Å². The maximum absolute atomic E-state index is 13.1. The van der Waals surface area contributed by atoms with E-state index in [4.69, 9.17) is 11.6 Å². The Bertz CT molecular complexity index is 736. The molecule has 0 atom stereocenters. The number of urea groups is 1. The normalized spacial score (nSPS) is 13.8. The first-order valence-electron chi connectivity index (χ1n) is 7.68. The van der Waals surface area contributed by atoms with Crippen LogP contribution in [0.1, 0.15) is 18.5 Å². The number of aromatic nitrogens is 2. The van der Waals surface area contributed by atoms with Gasteiger partial charge in [0.1, 0.15) is 5.82 Å². The molecule has 6 nitrogen and oxygen atoms in total. The number of carbonyl (C=O) groups excluding carboxylic acids is 1. The van der Waals surface area contributed by atoms with E-state index in [1.165, 1.54) is 18.2 Å². The van der Waals surface area contributed by atoms with Gasteiger partial charge >= 0.3 is 6.03 Å². The van der Waals surface area contributed by atoms with Gasteiger partial charge in [0.15, 0.2) is 0 Å². The van der Waals surface area contributed by atoms with Crippen LogP contribution < -0.4 is 15.5 Å². The number of hydrogen-bond acceptors (Lipinski definition) is 4. The molecule has 1 fully saturated rings. The fraction of sp³-hybridized carbons (Fsp3) is 0.312. The van der Waals surface area contributed by atoms with Crippen LogP contribution in [0.3, 0.4) is 0 Å². The molecule has 1 saturated heterocycles. The summed E-state index contributed by atoms with van der Waals surface area (Å²) < 4.78 is 13.1. The highest BCUT2D eigenvalue weighted by Crippen LogP contribution is 2.19. The number of nitrogens with one attached hydrogen (secondary N) is 2. The molecule has 1 aliphatic rings. The van der Waals surface area contributed by atoms with Gasteiger partial charge in [0.05, 0.1) is 17.3 Å². The maximum Gasteiger partial charge on any atom is 0.319 e. The first-order chi connectivity index (χ1) is 11.6. The van der Waals surface area contributed by atoms with Crippen molar-refractivity contribution < 1.29 is 9.18 Å². The SMILES string of the molecule is O=C(NCc1ccnc(N2CCCC2)n1)Nc1ccc(F)c(Cl)c1. The summed E-state index contributed by atoms with van der Waals surface area (Å²) in [6, 6.07) is 5.34. The topological polar surface area (TPSA) is 70.2 Å². The fourth-order valence-electron chi connectivity index (χ4n) is 2.47. The van der Waals surface area contributed by atoms with Crippen LogP contribution in [0, 0.1) is 5.82 Å². The monoisotopic (exact) mass is 349 g/mol. The summed E-state index contributed by atoms with van der Waals surface area (Å²) in [4.78, 5) is 22.8. The van der Waals surface area contributed by atoms with Crippen molar-refractivity contribution in [2.24, 2.45) is 0 Å². The first kappa shape index (κ1) is 16.4. The summed E-state index contributed by atoms with van der Waals surface area (Å²) in [6.07, 6.45) is 3.98. The Kier molecular flexibility index (Phi) is 5.10. The van der Waals surface area contributed by atoms with E-state index in [2.05, 4.69) is 25.5 Å². The number of halogens is 2. The second-order valence-electron chi connectivity index (χ2n) is 5.48. The third-order valence-electron chi connectivity index (χ3n) is 3.70. The highest BCUT2D eigenvalue weighted by molar-refractivity contribution is 6.31. The van der Waals surface area contributed by atoms with E-state index in [0.29, 0.717) is 11.6 Å². The lowest BCUT2D eigenvalue weighted by Gasteiger charge is -2.15. The van der Waals surface area contributed by atoms with Crippen molar-refractivity contribution in [3.63, 3.8) is 0 Å². The Morgan fingerprint density at radius 1 is 1.29 bits per heavy atom. The molecule has 2 N–H and O–H groups in total. The second kappa shape index (κ2) is 7.44. The Hall–Kier alpha value is -2.41. The van der Waals surface area contributed by atoms with Crippen molar-refractivity contribution in [2.45, 2.75) is 19.4 Å². The molecule has 24 heavy (non-hydrogen) atoms. The number of nitrogens with zero attached hydrogens (tertiary/aromatic N) is 3. The van der Waals surface area contributed by atoms with E-state index in [1.54, 1.807) is 12.3 Å². The zero-order chi connectivity index (χ0) is 16.9. The number of benzene rings is 1. The quantitative estimate of drug-likeness (QED) is 0.889. The summed E-state index contributed by atoms with van der Waals surface area (Å²) in [5.74, 6) is 0.163. The van der Waals surface area contributed by atoms with Gasteiger partial charge in [-0.3, -0.25) is 0 Å². The van der Waals surface area contributed by atoms with Crippen LogP contribution in [0.2, 0.25) is 5.02 Å². The maximum atomic E-state index is 13.1. The van der Waals surface area contributed by atoms with Crippen molar-refractivity contribution in [2.75, 3.05) is 23.3 Å². The third kappa shape index (κ3) is 4.11. The molecule has 2 amide bonds. The van der Waals surface area contributed by atoms with Gasteiger partial charge in [-0.1, -0.05) is 11.6 Å². The summed E-state index contributed by atoms with van der Waals surface area (Å²) >= 11 is 5.68. The lowest BCUT2D eigenvalue weighted by Crippen LogP contribution is -2.29. The summed E-state index contributed by atoms with van der Waals surface area (Å²) in [5.41, 5.74) is 1.14. The van der Waals surface area contributed by atoms with Crippen LogP contribution in [0.25, 0.3) is 0 Å². The van der Waals surface area contributed by atoms with E-state index < -0.39 is 11.8 Å². The van der Waals surface area contributed by atoms with E-state index in [0.717, 1.165) is 31.6 Å². The molecular weight excluding hydrogens is 333 g/mol. The minimum atomic E-state index is -0.530. The standard InChI is InChI=1S/C16H17ClFN5O/c17-13-9-11(3-4-14(13)18)22-16(24)20-10-12-5-6-19-15(21-12)23-7-1-2-8-23/h3-6,9H,1-2,7-8,10H2,(H2,20,22,24). The predicted molar refractivity (Wildman–Crippen MR) is 90.7 cm³/mol. The zero-order valence-corrected chi connectivity index (χ0v) is 13.7. The molecule has 0 unspecified atom stereocenters. The van der Waals surface area contributed by atoms with Crippen molar-refractivity contribution >= 4 is 29.3 Å². The Morgan fingerprint density at radius 2 is 2.08 bits per heavy atom. The molecule has 1 aromatic heterocycles. The second-order valence-corrected chi connectivity index (χ2v) is 5.89. The van der Waals surface area contributed by atoms with Crippen LogP contribution in [0.15, 0.2) is 30.5 Å². The average molecular weight is 350 g/mol. The van der Waals surface area contributed by atoms with E-state index >= 15 is 0 Å². The number of hydrogen-bond donors (Lipinski definition) is 2. The Labute approximate surface area is 144 Å². The van der Waals surface area contributed by atoms with Crippen LogP contribution in [0.4, 0.5) is 20.8 Å². The Morgan fingerprint density at radius 3 is 2.83 bits per heavy atom. The van der Waals surface area contributed by atoms with Crippen molar-refractivity contribution in [1.82, 2.24) is 15.3 Å². The van der Waals surface area contributed by atoms with Crippen LogP contribution in [-0.2, 0) is 6.54 Å². The summed E-state index contributed by atoms with van der Waals surface area (Å²) in [5, 5.41) is 5.26. The van der Waals surface area contributed by atoms with Gasteiger partial charge in [-0.2, -0.15) is 0 Å². The van der Waals surface area contributed by atoms with Gasteiger partial charge in [-0.05, 0) is 37.1 Å². The van der Waals surface area contributed by atoms with Crippen molar-refractivity contribution in [3.8, 4) is 0 Å². The molecule has 2 heterocycles. The first-order valence-corrected chi connectivity index (χ1v) is 8.06. The molecule has 2 aromatic rings. The van der Waals surface area contributed by atoms with Crippen molar-refractivity contribution in [1.29, 1.82) is 0 Å².